The van der Waals surface area contributed by atoms with Crippen molar-refractivity contribution >= 4 is 65.8 Å². The van der Waals surface area contributed by atoms with Crippen molar-refractivity contribution in [1.82, 2.24) is 9.88 Å². The third-order valence-corrected chi connectivity index (χ3v) is 9.75. The van der Waals surface area contributed by atoms with Crippen LogP contribution >= 0.6 is 0 Å². The monoisotopic (exact) mass is 626 g/mol. The van der Waals surface area contributed by atoms with Gasteiger partial charge >= 0.3 is 0 Å². The van der Waals surface area contributed by atoms with Crippen LogP contribution in [0.25, 0.3) is 59.8 Å². The second-order valence-corrected chi connectivity index (χ2v) is 12.7. The van der Waals surface area contributed by atoms with E-state index in [2.05, 4.69) is 162 Å². The van der Waals surface area contributed by atoms with Crippen LogP contribution in [0.4, 0.5) is 0 Å². The summed E-state index contributed by atoms with van der Waals surface area (Å²) in [6.45, 7) is 0. The van der Waals surface area contributed by atoms with E-state index in [0.717, 1.165) is 39.4 Å². The normalized spacial score (nSPS) is 14.7. The molecule has 1 unspecified atom stereocenters. The molecular formula is C45H30N4. The molecule has 10 rings (SSSR count). The van der Waals surface area contributed by atoms with Crippen molar-refractivity contribution in [2.45, 2.75) is 6.17 Å². The highest BCUT2D eigenvalue weighted by molar-refractivity contribution is 6.17. The quantitative estimate of drug-likeness (QED) is 0.207. The molecule has 8 aromatic carbocycles. The molecule has 2 heterocycles. The topological polar surface area (TPSA) is 41.7 Å². The second kappa shape index (κ2) is 11.0. The van der Waals surface area contributed by atoms with Crippen LogP contribution in [0, 0.1) is 0 Å². The molecule has 1 aromatic heterocycles. The molecule has 0 saturated carbocycles. The van der Waals surface area contributed by atoms with Crippen molar-refractivity contribution in [3.05, 3.63) is 187 Å². The SMILES string of the molecule is c1ccc(C2=NC(c3ccc4cc(-n5c6ccccc6c6cc7ccccc7cc65)ccc4c3)N=C(c3ccc4ccccc4c3)N2)cc1. The molecule has 1 aliphatic heterocycles. The summed E-state index contributed by atoms with van der Waals surface area (Å²) >= 11 is 0. The zero-order valence-electron chi connectivity index (χ0n) is 26.6. The Morgan fingerprint density at radius 3 is 1.86 bits per heavy atom. The van der Waals surface area contributed by atoms with E-state index in [0.29, 0.717) is 0 Å². The lowest BCUT2D eigenvalue weighted by Crippen LogP contribution is -2.36. The number of amidine groups is 2. The second-order valence-electron chi connectivity index (χ2n) is 12.7. The maximum Gasteiger partial charge on any atom is 0.169 e. The molecule has 1 aliphatic rings. The Kier molecular flexibility index (Phi) is 6.21. The average Bonchev–Trinajstić information content (AvgIpc) is 3.49. The number of hydrogen-bond donors (Lipinski definition) is 1. The maximum atomic E-state index is 5.18. The summed E-state index contributed by atoms with van der Waals surface area (Å²) in [7, 11) is 0. The number of aromatic nitrogens is 1. The van der Waals surface area contributed by atoms with E-state index >= 15 is 0 Å². The summed E-state index contributed by atoms with van der Waals surface area (Å²) in [4.78, 5) is 10.3. The van der Waals surface area contributed by atoms with E-state index in [1.807, 2.05) is 18.2 Å². The van der Waals surface area contributed by atoms with Gasteiger partial charge in [-0.05, 0) is 80.3 Å². The first-order valence-corrected chi connectivity index (χ1v) is 16.7. The largest absolute Gasteiger partial charge is 0.324 e. The third-order valence-electron chi connectivity index (χ3n) is 9.75. The Labute approximate surface area is 283 Å². The first-order valence-electron chi connectivity index (χ1n) is 16.7. The highest BCUT2D eigenvalue weighted by Crippen LogP contribution is 2.36. The molecule has 0 radical (unpaired) electrons. The first kappa shape index (κ1) is 27.6. The van der Waals surface area contributed by atoms with Crippen LogP contribution in [0.5, 0.6) is 0 Å². The predicted octanol–water partition coefficient (Wildman–Crippen LogP) is 10.7. The zero-order chi connectivity index (χ0) is 32.3. The fourth-order valence-electron chi connectivity index (χ4n) is 7.31. The Morgan fingerprint density at radius 1 is 0.408 bits per heavy atom. The molecule has 0 bridgehead atoms. The first-order chi connectivity index (χ1) is 24.2. The number of rotatable bonds is 4. The molecule has 4 nitrogen and oxygen atoms in total. The van der Waals surface area contributed by atoms with Gasteiger partial charge in [0.1, 0.15) is 11.7 Å². The molecule has 49 heavy (non-hydrogen) atoms. The molecule has 0 spiro atoms. The molecule has 1 N–H and O–H groups in total. The van der Waals surface area contributed by atoms with Crippen LogP contribution in [0.3, 0.4) is 0 Å². The lowest BCUT2D eigenvalue weighted by Gasteiger charge is -2.23. The van der Waals surface area contributed by atoms with Gasteiger partial charge in [0.15, 0.2) is 6.17 Å². The summed E-state index contributed by atoms with van der Waals surface area (Å²) in [5.74, 6) is 1.64. The number of para-hydroxylation sites is 1. The molecule has 4 heteroatoms. The predicted molar refractivity (Wildman–Crippen MR) is 205 cm³/mol. The van der Waals surface area contributed by atoms with Crippen LogP contribution in [-0.4, -0.2) is 16.2 Å². The standard InChI is InChI=1S/C45H30N4/c1-2-11-30(12-3-1)43-46-44(36-20-18-29-10-4-5-13-31(29)24-36)48-45(47-43)37-21-19-35-26-38(23-22-34(35)25-37)49-41-17-9-8-16-39(41)40-27-32-14-6-7-15-33(32)28-42(40)49/h1-28,45H,(H,46,47,48). The number of nitrogens with zero attached hydrogens (tertiary/aromatic N) is 3. The van der Waals surface area contributed by atoms with E-state index in [9.17, 15) is 0 Å². The van der Waals surface area contributed by atoms with Crippen molar-refractivity contribution in [2.75, 3.05) is 0 Å². The van der Waals surface area contributed by atoms with Gasteiger partial charge in [0, 0.05) is 27.6 Å². The Balaban J connectivity index is 1.08. The van der Waals surface area contributed by atoms with Gasteiger partial charge in [0.25, 0.3) is 0 Å². The van der Waals surface area contributed by atoms with E-state index in [4.69, 9.17) is 9.98 Å². The van der Waals surface area contributed by atoms with Gasteiger partial charge in [-0.15, -0.1) is 0 Å². The third kappa shape index (κ3) is 4.68. The molecule has 0 aliphatic carbocycles. The molecule has 0 saturated heterocycles. The molecule has 0 amide bonds. The minimum Gasteiger partial charge on any atom is -0.324 e. The van der Waals surface area contributed by atoms with Gasteiger partial charge in [0.05, 0.1) is 11.0 Å². The maximum absolute atomic E-state index is 5.18. The minimum atomic E-state index is -0.382. The summed E-state index contributed by atoms with van der Waals surface area (Å²) in [6, 6.07) is 60.6. The van der Waals surface area contributed by atoms with Crippen LogP contribution in [0.1, 0.15) is 22.9 Å². The Hall–Kier alpha value is -6.52. The molecule has 230 valence electrons. The summed E-state index contributed by atoms with van der Waals surface area (Å²) in [5.41, 5.74) is 6.68. The number of aliphatic imine (C=N–C) groups is 2. The number of fused-ring (bicyclic) bond motifs is 6. The van der Waals surface area contributed by atoms with Gasteiger partial charge in [-0.2, -0.15) is 0 Å². The van der Waals surface area contributed by atoms with Gasteiger partial charge in [0.2, 0.25) is 0 Å². The summed E-state index contributed by atoms with van der Waals surface area (Å²) < 4.78 is 2.40. The summed E-state index contributed by atoms with van der Waals surface area (Å²) in [5, 5.41) is 13.3. The lowest BCUT2D eigenvalue weighted by atomic mass is 10.0. The highest BCUT2D eigenvalue weighted by atomic mass is 15.2. The molecular weight excluding hydrogens is 597 g/mol. The Morgan fingerprint density at radius 2 is 1.02 bits per heavy atom. The lowest BCUT2D eigenvalue weighted by molar-refractivity contribution is 0.757. The van der Waals surface area contributed by atoms with Gasteiger partial charge in [-0.25, -0.2) is 9.98 Å². The van der Waals surface area contributed by atoms with E-state index < -0.39 is 0 Å². The summed E-state index contributed by atoms with van der Waals surface area (Å²) in [6.07, 6.45) is -0.382. The van der Waals surface area contributed by atoms with Crippen molar-refractivity contribution in [1.29, 1.82) is 0 Å². The fourth-order valence-corrected chi connectivity index (χ4v) is 7.31. The smallest absolute Gasteiger partial charge is 0.169 e. The molecule has 9 aromatic rings. The van der Waals surface area contributed by atoms with Crippen molar-refractivity contribution in [3.8, 4) is 5.69 Å². The van der Waals surface area contributed by atoms with E-state index in [1.54, 1.807) is 0 Å². The van der Waals surface area contributed by atoms with Crippen molar-refractivity contribution < 1.29 is 0 Å². The van der Waals surface area contributed by atoms with E-state index in [1.165, 1.54) is 48.7 Å². The van der Waals surface area contributed by atoms with Gasteiger partial charge in [-0.1, -0.05) is 127 Å². The van der Waals surface area contributed by atoms with Crippen LogP contribution in [-0.2, 0) is 0 Å². The number of benzene rings is 8. The van der Waals surface area contributed by atoms with E-state index in [-0.39, 0.29) is 6.17 Å². The minimum absolute atomic E-state index is 0.382. The van der Waals surface area contributed by atoms with Crippen molar-refractivity contribution in [2.24, 2.45) is 9.98 Å². The Bertz CT molecular complexity index is 2810. The molecule has 1 atom stereocenters. The number of nitrogens with one attached hydrogen (secondary N) is 1. The highest BCUT2D eigenvalue weighted by Gasteiger charge is 2.21. The van der Waals surface area contributed by atoms with Crippen molar-refractivity contribution in [3.63, 3.8) is 0 Å². The fraction of sp³-hybridized carbons (Fsp3) is 0.0222. The number of hydrogen-bond acceptors (Lipinski definition) is 3. The zero-order valence-corrected chi connectivity index (χ0v) is 26.6. The molecule has 0 fully saturated rings. The van der Waals surface area contributed by atoms with Crippen LogP contribution in [0.15, 0.2) is 180 Å². The van der Waals surface area contributed by atoms with Gasteiger partial charge < -0.3 is 9.88 Å². The average molecular weight is 627 g/mol. The van der Waals surface area contributed by atoms with Gasteiger partial charge in [-0.3, -0.25) is 0 Å². The van der Waals surface area contributed by atoms with Crippen LogP contribution < -0.4 is 5.32 Å². The van der Waals surface area contributed by atoms with Crippen LogP contribution in [0.2, 0.25) is 0 Å².